The molecule has 0 bridgehead atoms. The molecule has 2 rings (SSSR count). The SMILES string of the molecule is CCc1ccc(C(C)CC(=O)NC2CCCNC2)cc1.Cl. The van der Waals surface area contributed by atoms with Crippen LogP contribution < -0.4 is 10.6 Å². The molecule has 1 aliphatic rings. The van der Waals surface area contributed by atoms with E-state index >= 15 is 0 Å². The van der Waals surface area contributed by atoms with Gasteiger partial charge in [0, 0.05) is 19.0 Å². The van der Waals surface area contributed by atoms with Gasteiger partial charge >= 0.3 is 0 Å². The molecular formula is C17H27ClN2O. The average molecular weight is 311 g/mol. The molecule has 3 nitrogen and oxygen atoms in total. The maximum atomic E-state index is 12.1. The number of carbonyl (C=O) groups is 1. The van der Waals surface area contributed by atoms with E-state index in [0.717, 1.165) is 32.4 Å². The van der Waals surface area contributed by atoms with Gasteiger partial charge in [0.25, 0.3) is 0 Å². The molecule has 2 N–H and O–H groups in total. The Labute approximate surface area is 134 Å². The number of hydrogen-bond donors (Lipinski definition) is 2. The third-order valence-corrected chi connectivity index (χ3v) is 4.11. The van der Waals surface area contributed by atoms with Gasteiger partial charge in [0.2, 0.25) is 5.91 Å². The van der Waals surface area contributed by atoms with Crippen LogP contribution in [0.5, 0.6) is 0 Å². The molecule has 1 aromatic rings. The minimum atomic E-state index is 0. The first-order chi connectivity index (χ1) is 9.69. The summed E-state index contributed by atoms with van der Waals surface area (Å²) in [5.41, 5.74) is 2.60. The van der Waals surface area contributed by atoms with Crippen molar-refractivity contribution in [3.63, 3.8) is 0 Å². The van der Waals surface area contributed by atoms with Gasteiger partial charge in [-0.15, -0.1) is 12.4 Å². The van der Waals surface area contributed by atoms with Gasteiger partial charge < -0.3 is 10.6 Å². The summed E-state index contributed by atoms with van der Waals surface area (Å²) in [4.78, 5) is 12.1. The molecule has 2 atom stereocenters. The summed E-state index contributed by atoms with van der Waals surface area (Å²) < 4.78 is 0. The molecule has 1 aromatic carbocycles. The Morgan fingerprint density at radius 2 is 2.10 bits per heavy atom. The van der Waals surface area contributed by atoms with Crippen molar-refractivity contribution < 1.29 is 4.79 Å². The molecular weight excluding hydrogens is 284 g/mol. The number of carbonyl (C=O) groups excluding carboxylic acids is 1. The summed E-state index contributed by atoms with van der Waals surface area (Å²) in [6.45, 7) is 6.27. The molecule has 0 spiro atoms. The van der Waals surface area contributed by atoms with Crippen LogP contribution in [0.4, 0.5) is 0 Å². The third kappa shape index (κ3) is 5.68. The van der Waals surface area contributed by atoms with Crippen molar-refractivity contribution in [3.8, 4) is 0 Å². The zero-order valence-corrected chi connectivity index (χ0v) is 13.8. The smallest absolute Gasteiger partial charge is 0.220 e. The first-order valence-electron chi connectivity index (χ1n) is 7.78. The van der Waals surface area contributed by atoms with Gasteiger partial charge in [0.1, 0.15) is 0 Å². The fourth-order valence-corrected chi connectivity index (χ4v) is 2.74. The molecule has 1 fully saturated rings. The lowest BCUT2D eigenvalue weighted by Gasteiger charge is -2.24. The lowest BCUT2D eigenvalue weighted by molar-refractivity contribution is -0.122. The molecule has 4 heteroatoms. The number of amides is 1. The van der Waals surface area contributed by atoms with Crippen LogP contribution in [0.1, 0.15) is 50.2 Å². The summed E-state index contributed by atoms with van der Waals surface area (Å²) in [6, 6.07) is 8.94. The zero-order chi connectivity index (χ0) is 14.4. The predicted octanol–water partition coefficient (Wildman–Crippen LogP) is 3.03. The molecule has 0 saturated carbocycles. The van der Waals surface area contributed by atoms with Gasteiger partial charge in [-0.1, -0.05) is 38.1 Å². The monoisotopic (exact) mass is 310 g/mol. The first kappa shape index (κ1) is 18.0. The number of aryl methyl sites for hydroxylation is 1. The van der Waals surface area contributed by atoms with Gasteiger partial charge in [0.05, 0.1) is 0 Å². The Morgan fingerprint density at radius 3 is 2.67 bits per heavy atom. The van der Waals surface area contributed by atoms with Crippen LogP contribution in [0.15, 0.2) is 24.3 Å². The molecule has 0 aliphatic carbocycles. The largest absolute Gasteiger partial charge is 0.352 e. The average Bonchev–Trinajstić information content (AvgIpc) is 2.48. The predicted molar refractivity (Wildman–Crippen MR) is 90.1 cm³/mol. The van der Waals surface area contributed by atoms with Crippen molar-refractivity contribution in [2.75, 3.05) is 13.1 Å². The minimum absolute atomic E-state index is 0. The second kappa shape index (κ2) is 9.06. The zero-order valence-electron chi connectivity index (χ0n) is 13.0. The van der Waals surface area contributed by atoms with Crippen molar-refractivity contribution in [1.29, 1.82) is 0 Å². The van der Waals surface area contributed by atoms with Crippen LogP contribution in [-0.2, 0) is 11.2 Å². The highest BCUT2D eigenvalue weighted by Crippen LogP contribution is 2.19. The van der Waals surface area contributed by atoms with E-state index in [9.17, 15) is 4.79 Å². The van der Waals surface area contributed by atoms with E-state index < -0.39 is 0 Å². The van der Waals surface area contributed by atoms with Crippen LogP contribution in [0, 0.1) is 0 Å². The van der Waals surface area contributed by atoms with Crippen LogP contribution >= 0.6 is 12.4 Å². The standard InChI is InChI=1S/C17H26N2O.ClH/c1-3-14-6-8-15(9-7-14)13(2)11-17(20)19-16-5-4-10-18-12-16;/h6-9,13,16,18H,3-5,10-12H2,1-2H3,(H,19,20);1H. The lowest BCUT2D eigenvalue weighted by atomic mass is 9.95. The normalized spacial score (nSPS) is 19.4. The Balaban J connectivity index is 0.00000220. The number of nitrogens with one attached hydrogen (secondary N) is 2. The number of halogens is 1. The van der Waals surface area contributed by atoms with Gasteiger partial charge in [-0.05, 0) is 42.9 Å². The van der Waals surface area contributed by atoms with E-state index in [0.29, 0.717) is 12.5 Å². The Kier molecular flexibility index (Phi) is 7.76. The minimum Gasteiger partial charge on any atom is -0.352 e. The number of benzene rings is 1. The van der Waals surface area contributed by atoms with Gasteiger partial charge in [-0.25, -0.2) is 0 Å². The van der Waals surface area contributed by atoms with Crippen molar-refractivity contribution in [2.45, 2.75) is 51.5 Å². The summed E-state index contributed by atoms with van der Waals surface area (Å²) in [7, 11) is 0. The molecule has 0 radical (unpaired) electrons. The molecule has 1 saturated heterocycles. The topological polar surface area (TPSA) is 41.1 Å². The van der Waals surface area contributed by atoms with Crippen LogP contribution in [0.25, 0.3) is 0 Å². The Bertz CT molecular complexity index is 427. The molecule has 1 heterocycles. The van der Waals surface area contributed by atoms with E-state index in [-0.39, 0.29) is 24.2 Å². The van der Waals surface area contributed by atoms with Crippen LogP contribution in [0.2, 0.25) is 0 Å². The van der Waals surface area contributed by atoms with Crippen LogP contribution in [-0.4, -0.2) is 25.0 Å². The Morgan fingerprint density at radius 1 is 1.38 bits per heavy atom. The summed E-state index contributed by atoms with van der Waals surface area (Å²) in [5, 5.41) is 6.46. The highest BCUT2D eigenvalue weighted by molar-refractivity contribution is 5.85. The van der Waals surface area contributed by atoms with Crippen molar-refractivity contribution in [2.24, 2.45) is 0 Å². The first-order valence-corrected chi connectivity index (χ1v) is 7.78. The van der Waals surface area contributed by atoms with E-state index in [1.165, 1.54) is 11.1 Å². The van der Waals surface area contributed by atoms with Crippen LogP contribution in [0.3, 0.4) is 0 Å². The van der Waals surface area contributed by atoms with Gasteiger partial charge in [-0.3, -0.25) is 4.79 Å². The second-order valence-corrected chi connectivity index (χ2v) is 5.81. The lowest BCUT2D eigenvalue weighted by Crippen LogP contribution is -2.45. The maximum absolute atomic E-state index is 12.1. The van der Waals surface area contributed by atoms with Crippen molar-refractivity contribution >= 4 is 18.3 Å². The highest BCUT2D eigenvalue weighted by Gasteiger charge is 2.17. The molecule has 1 amide bonds. The third-order valence-electron chi connectivity index (χ3n) is 4.11. The number of rotatable bonds is 5. The van der Waals surface area contributed by atoms with Gasteiger partial charge in [-0.2, -0.15) is 0 Å². The highest BCUT2D eigenvalue weighted by atomic mass is 35.5. The second-order valence-electron chi connectivity index (χ2n) is 5.81. The van der Waals surface area contributed by atoms with E-state index in [4.69, 9.17) is 0 Å². The van der Waals surface area contributed by atoms with E-state index in [2.05, 4.69) is 48.7 Å². The molecule has 21 heavy (non-hydrogen) atoms. The summed E-state index contributed by atoms with van der Waals surface area (Å²) in [6.07, 6.45) is 3.88. The molecule has 118 valence electrons. The maximum Gasteiger partial charge on any atom is 0.220 e. The molecule has 2 unspecified atom stereocenters. The van der Waals surface area contributed by atoms with Crippen molar-refractivity contribution in [3.05, 3.63) is 35.4 Å². The molecule has 0 aromatic heterocycles. The summed E-state index contributed by atoms with van der Waals surface area (Å²) >= 11 is 0. The number of hydrogen-bond acceptors (Lipinski definition) is 2. The number of piperidine rings is 1. The van der Waals surface area contributed by atoms with Crippen molar-refractivity contribution in [1.82, 2.24) is 10.6 Å². The van der Waals surface area contributed by atoms with E-state index in [1.54, 1.807) is 0 Å². The fraction of sp³-hybridized carbons (Fsp3) is 0.588. The molecule has 1 aliphatic heterocycles. The quantitative estimate of drug-likeness (QED) is 0.877. The fourth-order valence-electron chi connectivity index (χ4n) is 2.74. The Hall–Kier alpha value is -1.06. The van der Waals surface area contributed by atoms with Gasteiger partial charge in [0.15, 0.2) is 0 Å². The van der Waals surface area contributed by atoms with E-state index in [1.807, 2.05) is 0 Å². The summed E-state index contributed by atoms with van der Waals surface area (Å²) in [5.74, 6) is 0.447.